The number of ether oxygens (including phenoxy) is 1. The summed E-state index contributed by atoms with van der Waals surface area (Å²) in [7, 11) is 0. The molecule has 2 saturated heterocycles. The Hall–Kier alpha value is -3.39. The lowest BCUT2D eigenvalue weighted by Crippen LogP contribution is -2.51. The van der Waals surface area contributed by atoms with Crippen LogP contribution in [0.15, 0.2) is 42.5 Å². The predicted octanol–water partition coefficient (Wildman–Crippen LogP) is 4.20. The van der Waals surface area contributed by atoms with E-state index < -0.39 is 6.09 Å². The standard InChI is InChI=1S/C26H30N4O4/c1-16-8-9-19-21(13-16)27-24(20-6-2-3-7-22(20)31)29-25(19)30-11-4-5-17(14-30)23(28-26(32)33)18-10-12-34-15-18/h2-3,6-9,13,17-18,23,28,31H,4-5,10-12,14-15H2,1H3,(H,32,33)/t17?,18-,23-/m1/s1. The van der Waals surface area contributed by atoms with E-state index in [4.69, 9.17) is 14.7 Å². The number of para-hydroxylation sites is 1. The van der Waals surface area contributed by atoms with Gasteiger partial charge in [0.2, 0.25) is 0 Å². The number of phenols is 1. The molecule has 3 N–H and O–H groups in total. The molecule has 2 fully saturated rings. The number of carbonyl (C=O) groups is 1. The highest BCUT2D eigenvalue weighted by Crippen LogP contribution is 2.35. The van der Waals surface area contributed by atoms with Crippen molar-refractivity contribution in [2.24, 2.45) is 11.8 Å². The van der Waals surface area contributed by atoms with Crippen LogP contribution >= 0.6 is 0 Å². The van der Waals surface area contributed by atoms with Gasteiger partial charge in [0.1, 0.15) is 11.6 Å². The second-order valence-electron chi connectivity index (χ2n) is 9.36. The first-order valence-electron chi connectivity index (χ1n) is 11.9. The number of nitrogens with one attached hydrogen (secondary N) is 1. The van der Waals surface area contributed by atoms with Gasteiger partial charge in [-0.05, 0) is 61.9 Å². The fraction of sp³-hybridized carbons (Fsp3) is 0.423. The van der Waals surface area contributed by atoms with E-state index >= 15 is 0 Å². The van der Waals surface area contributed by atoms with Gasteiger partial charge < -0.3 is 25.2 Å². The molecule has 0 bridgehead atoms. The Labute approximate surface area is 198 Å². The number of nitrogens with zero attached hydrogens (tertiary/aromatic N) is 3. The molecular weight excluding hydrogens is 432 g/mol. The highest BCUT2D eigenvalue weighted by Gasteiger charge is 2.36. The van der Waals surface area contributed by atoms with Gasteiger partial charge in [0.15, 0.2) is 5.82 Å². The molecule has 0 saturated carbocycles. The van der Waals surface area contributed by atoms with Crippen molar-refractivity contribution in [2.45, 2.75) is 32.2 Å². The van der Waals surface area contributed by atoms with Crippen LogP contribution in [0.2, 0.25) is 0 Å². The normalized spacial score (nSPS) is 21.5. The first-order chi connectivity index (χ1) is 16.5. The van der Waals surface area contributed by atoms with E-state index in [2.05, 4.69) is 22.3 Å². The van der Waals surface area contributed by atoms with E-state index in [9.17, 15) is 15.0 Å². The number of carboxylic acid groups (broad SMARTS) is 1. The molecule has 2 aliphatic heterocycles. The van der Waals surface area contributed by atoms with E-state index in [0.29, 0.717) is 31.1 Å². The smallest absolute Gasteiger partial charge is 0.404 e. The number of rotatable bonds is 5. The largest absolute Gasteiger partial charge is 0.507 e. The summed E-state index contributed by atoms with van der Waals surface area (Å²) in [5, 5.41) is 23.7. The molecule has 178 valence electrons. The maximum Gasteiger partial charge on any atom is 0.404 e. The van der Waals surface area contributed by atoms with Crippen molar-refractivity contribution in [3.8, 4) is 17.1 Å². The summed E-state index contributed by atoms with van der Waals surface area (Å²) in [6.45, 7) is 4.83. The number of phenolic OH excluding ortho intramolecular Hbond substituents is 1. The molecule has 0 radical (unpaired) electrons. The SMILES string of the molecule is Cc1ccc2c(N3CCCC([C@@H](NC(=O)O)[C@@H]4CCOC4)C3)nc(-c3ccccc3O)nc2c1. The van der Waals surface area contributed by atoms with E-state index in [1.165, 1.54) is 0 Å². The lowest BCUT2D eigenvalue weighted by Gasteiger charge is -2.39. The molecule has 0 aliphatic carbocycles. The number of aromatic nitrogens is 2. The maximum absolute atomic E-state index is 11.6. The van der Waals surface area contributed by atoms with Crippen molar-refractivity contribution in [3.05, 3.63) is 48.0 Å². The van der Waals surface area contributed by atoms with E-state index in [-0.39, 0.29) is 23.6 Å². The summed E-state index contributed by atoms with van der Waals surface area (Å²) in [4.78, 5) is 23.5. The Morgan fingerprint density at radius 3 is 2.79 bits per heavy atom. The first-order valence-corrected chi connectivity index (χ1v) is 11.9. The van der Waals surface area contributed by atoms with Gasteiger partial charge in [0.25, 0.3) is 0 Å². The number of benzene rings is 2. The van der Waals surface area contributed by atoms with Gasteiger partial charge in [-0.3, -0.25) is 0 Å². The van der Waals surface area contributed by atoms with Gasteiger partial charge in [-0.2, -0.15) is 0 Å². The lowest BCUT2D eigenvalue weighted by atomic mass is 9.82. The second kappa shape index (κ2) is 9.46. The van der Waals surface area contributed by atoms with Gasteiger partial charge in [-0.25, -0.2) is 14.8 Å². The van der Waals surface area contributed by atoms with Gasteiger partial charge in [-0.15, -0.1) is 0 Å². The molecule has 1 amide bonds. The van der Waals surface area contributed by atoms with Crippen LogP contribution in [0.3, 0.4) is 0 Å². The number of amides is 1. The van der Waals surface area contributed by atoms with Crippen LogP contribution in [0.1, 0.15) is 24.8 Å². The Morgan fingerprint density at radius 1 is 1.18 bits per heavy atom. The summed E-state index contributed by atoms with van der Waals surface area (Å²) in [5.74, 6) is 1.79. The van der Waals surface area contributed by atoms with Crippen LogP contribution in [-0.2, 0) is 4.74 Å². The minimum Gasteiger partial charge on any atom is -0.507 e. The number of hydrogen-bond acceptors (Lipinski definition) is 6. The molecule has 1 unspecified atom stereocenters. The number of aromatic hydroxyl groups is 1. The molecule has 2 aliphatic rings. The Bertz CT molecular complexity index is 1190. The molecule has 5 rings (SSSR count). The van der Waals surface area contributed by atoms with Crippen molar-refractivity contribution < 1.29 is 19.7 Å². The van der Waals surface area contributed by atoms with Crippen molar-refractivity contribution in [1.82, 2.24) is 15.3 Å². The van der Waals surface area contributed by atoms with Crippen LogP contribution in [0.25, 0.3) is 22.3 Å². The van der Waals surface area contributed by atoms with Crippen LogP contribution < -0.4 is 10.2 Å². The van der Waals surface area contributed by atoms with Crippen LogP contribution in [-0.4, -0.2) is 58.6 Å². The third-order valence-corrected chi connectivity index (χ3v) is 7.01. The number of hydrogen-bond donors (Lipinski definition) is 3. The topological polar surface area (TPSA) is 108 Å². The van der Waals surface area contributed by atoms with Crippen LogP contribution in [0.5, 0.6) is 5.75 Å². The molecule has 3 heterocycles. The number of fused-ring (bicyclic) bond motifs is 1. The fourth-order valence-corrected chi connectivity index (χ4v) is 5.34. The van der Waals surface area contributed by atoms with Crippen molar-refractivity contribution in [2.75, 3.05) is 31.2 Å². The summed E-state index contributed by atoms with van der Waals surface area (Å²) in [6.07, 6.45) is 1.78. The van der Waals surface area contributed by atoms with Gasteiger partial charge in [0.05, 0.1) is 17.7 Å². The van der Waals surface area contributed by atoms with Crippen molar-refractivity contribution >= 4 is 22.8 Å². The molecule has 1 aromatic heterocycles. The van der Waals surface area contributed by atoms with Crippen molar-refractivity contribution in [3.63, 3.8) is 0 Å². The maximum atomic E-state index is 11.6. The lowest BCUT2D eigenvalue weighted by molar-refractivity contribution is 0.147. The Morgan fingerprint density at radius 2 is 2.03 bits per heavy atom. The molecule has 8 heteroatoms. The quantitative estimate of drug-likeness (QED) is 0.521. The Kier molecular flexibility index (Phi) is 6.24. The average molecular weight is 463 g/mol. The molecule has 3 atom stereocenters. The molecule has 8 nitrogen and oxygen atoms in total. The molecule has 0 spiro atoms. The highest BCUT2D eigenvalue weighted by molar-refractivity contribution is 5.92. The zero-order valence-electron chi connectivity index (χ0n) is 19.3. The summed E-state index contributed by atoms with van der Waals surface area (Å²) < 4.78 is 5.58. The summed E-state index contributed by atoms with van der Waals surface area (Å²) in [5.41, 5.74) is 2.52. The van der Waals surface area contributed by atoms with E-state index in [1.807, 2.05) is 25.1 Å². The van der Waals surface area contributed by atoms with Crippen molar-refractivity contribution in [1.29, 1.82) is 0 Å². The van der Waals surface area contributed by atoms with Crippen LogP contribution in [0, 0.1) is 18.8 Å². The summed E-state index contributed by atoms with van der Waals surface area (Å²) in [6, 6.07) is 13.1. The first kappa shape index (κ1) is 22.4. The van der Waals surface area contributed by atoms with Gasteiger partial charge >= 0.3 is 6.09 Å². The minimum atomic E-state index is -0.987. The second-order valence-corrected chi connectivity index (χ2v) is 9.36. The highest BCUT2D eigenvalue weighted by atomic mass is 16.5. The predicted molar refractivity (Wildman–Crippen MR) is 130 cm³/mol. The zero-order valence-corrected chi connectivity index (χ0v) is 19.3. The molecule has 34 heavy (non-hydrogen) atoms. The minimum absolute atomic E-state index is 0.143. The summed E-state index contributed by atoms with van der Waals surface area (Å²) >= 11 is 0. The number of piperidine rings is 1. The monoisotopic (exact) mass is 462 g/mol. The molecular formula is C26H30N4O4. The van der Waals surface area contributed by atoms with E-state index in [1.54, 1.807) is 12.1 Å². The fourth-order valence-electron chi connectivity index (χ4n) is 5.34. The Balaban J connectivity index is 1.53. The number of aryl methyl sites for hydroxylation is 1. The number of anilines is 1. The molecule has 2 aromatic carbocycles. The zero-order chi connectivity index (χ0) is 23.7. The third kappa shape index (κ3) is 4.50. The van der Waals surface area contributed by atoms with Gasteiger partial charge in [-0.1, -0.05) is 18.2 Å². The third-order valence-electron chi connectivity index (χ3n) is 7.01. The molecule has 3 aromatic rings. The average Bonchev–Trinajstić information content (AvgIpc) is 3.36. The van der Waals surface area contributed by atoms with Gasteiger partial charge in [0, 0.05) is 37.0 Å². The van der Waals surface area contributed by atoms with Crippen LogP contribution in [0.4, 0.5) is 10.6 Å². The van der Waals surface area contributed by atoms with E-state index in [0.717, 1.165) is 48.1 Å².